The fourth-order valence-electron chi connectivity index (χ4n) is 2.28. The van der Waals surface area contributed by atoms with Gasteiger partial charge < -0.3 is 10.3 Å². The molecule has 2 N–H and O–H groups in total. The lowest BCUT2D eigenvalue weighted by molar-refractivity contribution is 0.582. The van der Waals surface area contributed by atoms with Gasteiger partial charge in [-0.2, -0.15) is 0 Å². The molecule has 0 atom stereocenters. The highest BCUT2D eigenvalue weighted by Gasteiger charge is 2.13. The second kappa shape index (κ2) is 5.37. The van der Waals surface area contributed by atoms with Crippen LogP contribution >= 0.6 is 11.6 Å². The molecule has 2 nitrogen and oxygen atoms in total. The van der Waals surface area contributed by atoms with Crippen LogP contribution in [0.3, 0.4) is 0 Å². The molecule has 0 aliphatic rings. The van der Waals surface area contributed by atoms with E-state index >= 15 is 0 Å². The minimum absolute atomic E-state index is 0.135. The Bertz CT molecular complexity index is 811. The number of halogens is 3. The van der Waals surface area contributed by atoms with Gasteiger partial charge in [0.1, 0.15) is 11.5 Å². The van der Waals surface area contributed by atoms with Gasteiger partial charge in [0.05, 0.1) is 17.3 Å². The van der Waals surface area contributed by atoms with Crippen molar-refractivity contribution in [3.63, 3.8) is 0 Å². The monoisotopic (exact) mass is 306 g/mol. The summed E-state index contributed by atoms with van der Waals surface area (Å²) in [4.78, 5) is 3.15. The molecule has 21 heavy (non-hydrogen) atoms. The minimum atomic E-state index is -0.620. The molecular formula is C16H13ClF2N2. The summed E-state index contributed by atoms with van der Waals surface area (Å²) in [6, 6.07) is 10.2. The number of hydrogen-bond donors (Lipinski definition) is 2. The average molecular weight is 307 g/mol. The molecule has 0 radical (unpaired) electrons. The van der Waals surface area contributed by atoms with Gasteiger partial charge in [-0.1, -0.05) is 35.9 Å². The Morgan fingerprint density at radius 3 is 2.67 bits per heavy atom. The third-order valence-corrected chi connectivity index (χ3v) is 3.87. The number of aryl methyl sites for hydroxylation is 1. The Morgan fingerprint density at radius 1 is 1.14 bits per heavy atom. The summed E-state index contributed by atoms with van der Waals surface area (Å²) < 4.78 is 27.6. The van der Waals surface area contributed by atoms with Gasteiger partial charge in [0, 0.05) is 10.9 Å². The quantitative estimate of drug-likeness (QED) is 0.698. The lowest BCUT2D eigenvalue weighted by Gasteiger charge is -2.09. The standard InChI is InChI=1S/C16H13ClF2N2/c1-9-6-7-11(18)16(15(9)19)20-8-13-14(17)10-4-2-3-5-12(10)21-13/h2-7,20-21H,8H2,1H3. The largest absolute Gasteiger partial charge is 0.375 e. The van der Waals surface area contributed by atoms with E-state index in [1.54, 1.807) is 6.92 Å². The van der Waals surface area contributed by atoms with Gasteiger partial charge in [-0.05, 0) is 24.6 Å². The number of anilines is 1. The number of nitrogens with one attached hydrogen (secondary N) is 2. The average Bonchev–Trinajstić information content (AvgIpc) is 2.80. The van der Waals surface area contributed by atoms with Crippen molar-refractivity contribution in [2.24, 2.45) is 0 Å². The summed E-state index contributed by atoms with van der Waals surface area (Å²) in [6.07, 6.45) is 0. The first-order chi connectivity index (χ1) is 10.1. The maximum atomic E-state index is 13.9. The van der Waals surface area contributed by atoms with Crippen molar-refractivity contribution >= 4 is 28.2 Å². The van der Waals surface area contributed by atoms with Gasteiger partial charge in [-0.25, -0.2) is 8.78 Å². The van der Waals surface area contributed by atoms with Gasteiger partial charge in [0.2, 0.25) is 0 Å². The predicted molar refractivity (Wildman–Crippen MR) is 81.7 cm³/mol. The maximum Gasteiger partial charge on any atom is 0.152 e. The van der Waals surface area contributed by atoms with Crippen molar-refractivity contribution in [2.75, 3.05) is 5.32 Å². The van der Waals surface area contributed by atoms with E-state index in [0.717, 1.165) is 10.9 Å². The number of para-hydroxylation sites is 1. The number of H-pyrrole nitrogens is 1. The number of benzene rings is 2. The van der Waals surface area contributed by atoms with E-state index in [4.69, 9.17) is 11.6 Å². The van der Waals surface area contributed by atoms with Gasteiger partial charge in [-0.15, -0.1) is 0 Å². The fraction of sp³-hybridized carbons (Fsp3) is 0.125. The lowest BCUT2D eigenvalue weighted by Crippen LogP contribution is -2.05. The van der Waals surface area contributed by atoms with Crippen LogP contribution in [-0.4, -0.2) is 4.98 Å². The SMILES string of the molecule is Cc1ccc(F)c(NCc2[nH]c3ccccc3c2Cl)c1F. The summed E-state index contributed by atoms with van der Waals surface area (Å²) >= 11 is 6.28. The zero-order chi connectivity index (χ0) is 15.0. The van der Waals surface area contributed by atoms with Gasteiger partial charge in [0.25, 0.3) is 0 Å². The zero-order valence-electron chi connectivity index (χ0n) is 11.3. The third-order valence-electron chi connectivity index (χ3n) is 3.44. The van der Waals surface area contributed by atoms with Crippen LogP contribution in [0.2, 0.25) is 5.02 Å². The molecule has 2 aromatic carbocycles. The van der Waals surface area contributed by atoms with Crippen LogP contribution in [0, 0.1) is 18.6 Å². The number of rotatable bonds is 3. The highest BCUT2D eigenvalue weighted by atomic mass is 35.5. The molecule has 3 rings (SSSR count). The Kier molecular flexibility index (Phi) is 3.55. The van der Waals surface area contributed by atoms with E-state index < -0.39 is 11.6 Å². The van der Waals surface area contributed by atoms with E-state index in [2.05, 4.69) is 10.3 Å². The Labute approximate surface area is 125 Å². The van der Waals surface area contributed by atoms with E-state index in [1.807, 2.05) is 24.3 Å². The number of hydrogen-bond acceptors (Lipinski definition) is 1. The molecule has 0 fully saturated rings. The molecule has 0 aliphatic heterocycles. The topological polar surface area (TPSA) is 27.8 Å². The highest BCUT2D eigenvalue weighted by molar-refractivity contribution is 6.36. The third kappa shape index (κ3) is 2.47. The molecule has 1 heterocycles. The molecule has 1 aromatic heterocycles. The molecule has 0 amide bonds. The van der Waals surface area contributed by atoms with Crippen LogP contribution in [0.15, 0.2) is 36.4 Å². The van der Waals surface area contributed by atoms with Crippen molar-refractivity contribution < 1.29 is 8.78 Å². The zero-order valence-corrected chi connectivity index (χ0v) is 12.1. The highest BCUT2D eigenvalue weighted by Crippen LogP contribution is 2.28. The summed E-state index contributed by atoms with van der Waals surface area (Å²) in [5.74, 6) is -1.20. The summed E-state index contributed by atoms with van der Waals surface area (Å²) in [5.41, 5.74) is 1.84. The fourth-order valence-corrected chi connectivity index (χ4v) is 2.56. The minimum Gasteiger partial charge on any atom is -0.375 e. The molecule has 5 heteroatoms. The Hall–Kier alpha value is -2.07. The van der Waals surface area contributed by atoms with Gasteiger partial charge in [-0.3, -0.25) is 0 Å². The van der Waals surface area contributed by atoms with Crippen molar-refractivity contribution in [1.82, 2.24) is 4.98 Å². The Morgan fingerprint density at radius 2 is 1.90 bits per heavy atom. The van der Waals surface area contributed by atoms with Crippen molar-refractivity contribution in [2.45, 2.75) is 13.5 Å². The van der Waals surface area contributed by atoms with E-state index in [9.17, 15) is 8.78 Å². The Balaban J connectivity index is 1.91. The van der Waals surface area contributed by atoms with Crippen LogP contribution in [0.4, 0.5) is 14.5 Å². The van der Waals surface area contributed by atoms with Crippen LogP contribution in [-0.2, 0) is 6.54 Å². The number of aromatic nitrogens is 1. The van der Waals surface area contributed by atoms with Crippen LogP contribution in [0.5, 0.6) is 0 Å². The molecule has 108 valence electrons. The first kappa shape index (κ1) is 13.9. The molecule has 0 unspecified atom stereocenters. The van der Waals surface area contributed by atoms with Crippen molar-refractivity contribution in [1.29, 1.82) is 0 Å². The molecule has 0 saturated heterocycles. The molecule has 0 bridgehead atoms. The van der Waals surface area contributed by atoms with Gasteiger partial charge in [0.15, 0.2) is 5.82 Å². The second-order valence-electron chi connectivity index (χ2n) is 4.87. The normalized spacial score (nSPS) is 11.0. The number of aromatic amines is 1. The van der Waals surface area contributed by atoms with E-state index in [1.165, 1.54) is 12.1 Å². The summed E-state index contributed by atoms with van der Waals surface area (Å²) in [7, 11) is 0. The summed E-state index contributed by atoms with van der Waals surface area (Å²) in [6.45, 7) is 1.81. The predicted octanol–water partition coefficient (Wildman–Crippen LogP) is 5.02. The molecular weight excluding hydrogens is 294 g/mol. The lowest BCUT2D eigenvalue weighted by atomic mass is 10.2. The maximum absolute atomic E-state index is 13.9. The molecule has 0 spiro atoms. The first-order valence-electron chi connectivity index (χ1n) is 6.51. The van der Waals surface area contributed by atoms with E-state index in [0.29, 0.717) is 16.3 Å². The van der Waals surface area contributed by atoms with Crippen LogP contribution < -0.4 is 5.32 Å². The van der Waals surface area contributed by atoms with Crippen molar-refractivity contribution in [3.8, 4) is 0 Å². The molecule has 3 aromatic rings. The van der Waals surface area contributed by atoms with Gasteiger partial charge >= 0.3 is 0 Å². The first-order valence-corrected chi connectivity index (χ1v) is 6.89. The molecule has 0 aliphatic carbocycles. The molecule has 0 saturated carbocycles. The van der Waals surface area contributed by atoms with Crippen LogP contribution in [0.1, 0.15) is 11.3 Å². The smallest absolute Gasteiger partial charge is 0.152 e. The van der Waals surface area contributed by atoms with Crippen LogP contribution in [0.25, 0.3) is 10.9 Å². The number of fused-ring (bicyclic) bond motifs is 1. The summed E-state index contributed by atoms with van der Waals surface area (Å²) in [5, 5.41) is 4.23. The van der Waals surface area contributed by atoms with Crippen molar-refractivity contribution in [3.05, 3.63) is 64.3 Å². The van der Waals surface area contributed by atoms with E-state index in [-0.39, 0.29) is 12.2 Å². The second-order valence-corrected chi connectivity index (χ2v) is 5.25.